The van der Waals surface area contributed by atoms with Crippen molar-refractivity contribution in [3.05, 3.63) is 35.9 Å². The number of azo groups is 2. The molecule has 0 radical (unpaired) electrons. The number of rotatable bonds is 2. The van der Waals surface area contributed by atoms with Gasteiger partial charge in [0.1, 0.15) is 0 Å². The van der Waals surface area contributed by atoms with Crippen molar-refractivity contribution in [1.82, 2.24) is 0 Å². The summed E-state index contributed by atoms with van der Waals surface area (Å²) in [6.07, 6.45) is 0. The number of hydrogen-bond donors (Lipinski definition) is 0. The molecule has 0 atom stereocenters. The molecular formula is C13H14N4. The summed E-state index contributed by atoms with van der Waals surface area (Å²) in [6.45, 7) is 2.04. The number of aryl methyl sites for hydroxylation is 1. The van der Waals surface area contributed by atoms with E-state index in [-0.39, 0.29) is 0 Å². The smallest absolute Gasteiger partial charge is 0.0887 e. The van der Waals surface area contributed by atoms with Gasteiger partial charge in [0, 0.05) is 14.1 Å². The maximum Gasteiger partial charge on any atom is 0.0887 e. The van der Waals surface area contributed by atoms with Crippen molar-refractivity contribution in [3.63, 3.8) is 0 Å². The largest absolute Gasteiger partial charge is 0.192 e. The summed E-state index contributed by atoms with van der Waals surface area (Å²) in [5, 5.41) is 18.1. The average Bonchev–Trinajstić information content (AvgIpc) is 2.34. The Labute approximate surface area is 100 Å². The van der Waals surface area contributed by atoms with Gasteiger partial charge >= 0.3 is 0 Å². The summed E-state index contributed by atoms with van der Waals surface area (Å²) in [5.41, 5.74) is 2.86. The number of hydrogen-bond acceptors (Lipinski definition) is 4. The van der Waals surface area contributed by atoms with Crippen molar-refractivity contribution in [2.45, 2.75) is 6.92 Å². The highest BCUT2D eigenvalue weighted by atomic mass is 15.1. The molecule has 0 unspecified atom stereocenters. The Morgan fingerprint density at radius 1 is 0.882 bits per heavy atom. The molecular weight excluding hydrogens is 212 g/mol. The molecule has 2 rings (SSSR count). The van der Waals surface area contributed by atoms with Gasteiger partial charge < -0.3 is 0 Å². The lowest BCUT2D eigenvalue weighted by Crippen LogP contribution is -1.79. The lowest BCUT2D eigenvalue weighted by molar-refractivity contribution is 1.16. The van der Waals surface area contributed by atoms with Crippen LogP contribution in [0.2, 0.25) is 0 Å². The normalized spacial score (nSPS) is 11.9. The number of fused-ring (bicyclic) bond motifs is 1. The van der Waals surface area contributed by atoms with Crippen LogP contribution in [0.15, 0.2) is 50.8 Å². The van der Waals surface area contributed by atoms with E-state index in [4.69, 9.17) is 0 Å². The van der Waals surface area contributed by atoms with Crippen LogP contribution in [0.4, 0.5) is 11.4 Å². The summed E-state index contributed by atoms with van der Waals surface area (Å²) < 4.78 is 0. The Morgan fingerprint density at radius 2 is 1.59 bits per heavy atom. The van der Waals surface area contributed by atoms with Crippen molar-refractivity contribution >= 4 is 22.1 Å². The molecule has 4 nitrogen and oxygen atoms in total. The fourth-order valence-electron chi connectivity index (χ4n) is 1.84. The summed E-state index contributed by atoms with van der Waals surface area (Å²) in [6, 6.07) is 10.0. The highest BCUT2D eigenvalue weighted by molar-refractivity contribution is 5.91. The predicted octanol–water partition coefficient (Wildman–Crippen LogP) is 4.58. The third kappa shape index (κ3) is 2.20. The van der Waals surface area contributed by atoms with Gasteiger partial charge in [-0.1, -0.05) is 12.1 Å². The summed E-state index contributed by atoms with van der Waals surface area (Å²) >= 11 is 0. The van der Waals surface area contributed by atoms with E-state index in [9.17, 15) is 0 Å². The Bertz CT molecular complexity index is 594. The number of nitrogens with zero attached hydrogens (tertiary/aromatic N) is 4. The fraction of sp³-hybridized carbons (Fsp3) is 0.231. The maximum atomic E-state index is 4.10. The Morgan fingerprint density at radius 3 is 2.29 bits per heavy atom. The summed E-state index contributed by atoms with van der Waals surface area (Å²) in [4.78, 5) is 0. The first-order valence-corrected chi connectivity index (χ1v) is 5.39. The van der Waals surface area contributed by atoms with Crippen LogP contribution in [0.25, 0.3) is 10.8 Å². The quantitative estimate of drug-likeness (QED) is 0.673. The molecule has 0 fully saturated rings. The molecule has 0 heterocycles. The molecule has 17 heavy (non-hydrogen) atoms. The van der Waals surface area contributed by atoms with Gasteiger partial charge in [0.25, 0.3) is 0 Å². The van der Waals surface area contributed by atoms with Crippen LogP contribution in [-0.2, 0) is 0 Å². The first-order chi connectivity index (χ1) is 8.26. The van der Waals surface area contributed by atoms with E-state index in [1.807, 2.05) is 37.3 Å². The van der Waals surface area contributed by atoms with Gasteiger partial charge in [-0.05, 0) is 41.5 Å². The number of benzene rings is 2. The second-order valence-electron chi connectivity index (χ2n) is 3.72. The van der Waals surface area contributed by atoms with Crippen LogP contribution in [0.5, 0.6) is 0 Å². The Hall–Kier alpha value is -2.10. The third-order valence-corrected chi connectivity index (χ3v) is 2.67. The summed E-state index contributed by atoms with van der Waals surface area (Å²) in [7, 11) is 3.34. The molecule has 0 amide bonds. The molecule has 0 aliphatic heterocycles. The lowest BCUT2D eigenvalue weighted by Gasteiger charge is -2.05. The zero-order chi connectivity index (χ0) is 12.3. The molecule has 0 aromatic heterocycles. The van der Waals surface area contributed by atoms with Gasteiger partial charge in [0.2, 0.25) is 0 Å². The monoisotopic (exact) mass is 226 g/mol. The van der Waals surface area contributed by atoms with E-state index in [2.05, 4.69) is 20.5 Å². The van der Waals surface area contributed by atoms with E-state index in [1.165, 1.54) is 5.39 Å². The van der Waals surface area contributed by atoms with Crippen LogP contribution in [0, 0.1) is 6.92 Å². The van der Waals surface area contributed by atoms with Crippen LogP contribution < -0.4 is 0 Å². The van der Waals surface area contributed by atoms with E-state index >= 15 is 0 Å². The first kappa shape index (κ1) is 11.4. The molecule has 0 spiro atoms. The van der Waals surface area contributed by atoms with Crippen molar-refractivity contribution in [1.29, 1.82) is 0 Å². The molecule has 0 aliphatic rings. The average molecular weight is 226 g/mol. The van der Waals surface area contributed by atoms with Gasteiger partial charge in [0.15, 0.2) is 0 Å². The third-order valence-electron chi connectivity index (χ3n) is 2.67. The molecule has 2 aromatic carbocycles. The highest BCUT2D eigenvalue weighted by Gasteiger charge is 2.03. The molecule has 0 saturated carbocycles. The molecule has 4 heteroatoms. The van der Waals surface area contributed by atoms with Gasteiger partial charge in [-0.25, -0.2) is 0 Å². The standard InChI is InChI=1S/C13H14N4/c1-9-12-8-11(16-14-2)6-4-10(12)5-7-13(9)17-15-3/h4-8H,1-3H3. The van der Waals surface area contributed by atoms with Crippen LogP contribution in [0.3, 0.4) is 0 Å². The topological polar surface area (TPSA) is 49.4 Å². The van der Waals surface area contributed by atoms with Crippen LogP contribution in [0.1, 0.15) is 5.56 Å². The maximum absolute atomic E-state index is 4.10. The minimum atomic E-state index is 0.855. The SMILES string of the molecule is CN=Nc1ccc2ccc(N=NC)c(C)c2c1. The first-order valence-electron chi connectivity index (χ1n) is 5.39. The summed E-state index contributed by atoms with van der Waals surface area (Å²) in [5.74, 6) is 0. The molecule has 86 valence electrons. The Kier molecular flexibility index (Phi) is 3.23. The molecule has 2 aromatic rings. The van der Waals surface area contributed by atoms with E-state index in [1.54, 1.807) is 14.1 Å². The van der Waals surface area contributed by atoms with Crippen molar-refractivity contribution in [3.8, 4) is 0 Å². The van der Waals surface area contributed by atoms with Gasteiger partial charge in [0.05, 0.1) is 11.4 Å². The minimum absolute atomic E-state index is 0.855. The molecule has 0 aliphatic carbocycles. The van der Waals surface area contributed by atoms with E-state index in [0.29, 0.717) is 0 Å². The second kappa shape index (κ2) is 4.82. The van der Waals surface area contributed by atoms with Gasteiger partial charge in [-0.3, -0.25) is 0 Å². The lowest BCUT2D eigenvalue weighted by atomic mass is 10.0. The van der Waals surface area contributed by atoms with Crippen LogP contribution in [-0.4, -0.2) is 14.1 Å². The van der Waals surface area contributed by atoms with Crippen molar-refractivity contribution < 1.29 is 0 Å². The van der Waals surface area contributed by atoms with Gasteiger partial charge in [-0.15, -0.1) is 0 Å². The van der Waals surface area contributed by atoms with Crippen LogP contribution >= 0.6 is 0 Å². The minimum Gasteiger partial charge on any atom is -0.192 e. The predicted molar refractivity (Wildman–Crippen MR) is 69.6 cm³/mol. The van der Waals surface area contributed by atoms with Crippen molar-refractivity contribution in [2.75, 3.05) is 14.1 Å². The zero-order valence-electron chi connectivity index (χ0n) is 10.2. The van der Waals surface area contributed by atoms with Gasteiger partial charge in [-0.2, -0.15) is 20.5 Å². The highest BCUT2D eigenvalue weighted by Crippen LogP contribution is 2.30. The molecule has 0 bridgehead atoms. The second-order valence-corrected chi connectivity index (χ2v) is 3.72. The zero-order valence-corrected chi connectivity index (χ0v) is 10.2. The Balaban J connectivity index is 2.68. The van der Waals surface area contributed by atoms with E-state index in [0.717, 1.165) is 22.3 Å². The fourth-order valence-corrected chi connectivity index (χ4v) is 1.84. The molecule has 0 N–H and O–H groups in total. The van der Waals surface area contributed by atoms with Crippen molar-refractivity contribution in [2.24, 2.45) is 20.5 Å². The van der Waals surface area contributed by atoms with E-state index < -0.39 is 0 Å². The molecule has 0 saturated heterocycles.